The van der Waals surface area contributed by atoms with Crippen LogP contribution in [0.2, 0.25) is 0 Å². The minimum absolute atomic E-state index is 0.161. The number of nitrogens with zero attached hydrogens (tertiary/aromatic N) is 1. The van der Waals surface area contributed by atoms with E-state index in [1.165, 1.54) is 6.07 Å². The molecule has 0 amide bonds. The predicted octanol–water partition coefficient (Wildman–Crippen LogP) is 1.82. The van der Waals surface area contributed by atoms with Gasteiger partial charge in [-0.2, -0.15) is 4.39 Å². The van der Waals surface area contributed by atoms with Crippen LogP contribution in [0.3, 0.4) is 0 Å². The molecule has 1 aromatic heterocycles. The van der Waals surface area contributed by atoms with Gasteiger partial charge in [-0.15, -0.1) is 0 Å². The molecule has 2 rings (SSSR count). The summed E-state index contributed by atoms with van der Waals surface area (Å²) in [5, 5.41) is 0. The fourth-order valence-electron chi connectivity index (χ4n) is 1.99. The van der Waals surface area contributed by atoms with Gasteiger partial charge in [0.15, 0.2) is 0 Å². The lowest BCUT2D eigenvalue weighted by molar-refractivity contribution is 0.545. The average Bonchev–Trinajstić information content (AvgIpc) is 2.51. The largest absolute Gasteiger partial charge is 0.327 e. The summed E-state index contributed by atoms with van der Waals surface area (Å²) >= 11 is 0. The molecule has 1 fully saturated rings. The van der Waals surface area contributed by atoms with Crippen LogP contribution in [-0.2, 0) is 0 Å². The van der Waals surface area contributed by atoms with Gasteiger partial charge in [-0.1, -0.05) is 12.5 Å². The molecule has 70 valence electrons. The Balaban J connectivity index is 2.24. The topological polar surface area (TPSA) is 38.9 Å². The van der Waals surface area contributed by atoms with Gasteiger partial charge in [0.2, 0.25) is 5.95 Å². The highest BCUT2D eigenvalue weighted by Gasteiger charge is 2.26. The van der Waals surface area contributed by atoms with Gasteiger partial charge in [0.05, 0.1) is 0 Å². The third kappa shape index (κ3) is 1.70. The van der Waals surface area contributed by atoms with E-state index in [9.17, 15) is 4.39 Å². The first-order valence-electron chi connectivity index (χ1n) is 4.65. The standard InChI is InChI=1S/C10H13FN2/c11-10-6-2-5-9(13-10)7-3-1-4-8(7)12/h2,5-8H,1,3-4,12H2. The predicted molar refractivity (Wildman–Crippen MR) is 48.8 cm³/mol. The molecule has 1 saturated carbocycles. The lowest BCUT2D eigenvalue weighted by atomic mass is 10.00. The zero-order valence-corrected chi connectivity index (χ0v) is 7.41. The van der Waals surface area contributed by atoms with E-state index in [1.807, 2.05) is 6.07 Å². The molecule has 2 atom stereocenters. The zero-order chi connectivity index (χ0) is 9.26. The number of nitrogens with two attached hydrogens (primary N) is 1. The minimum Gasteiger partial charge on any atom is -0.327 e. The van der Waals surface area contributed by atoms with Gasteiger partial charge in [0.1, 0.15) is 0 Å². The monoisotopic (exact) mass is 180 g/mol. The van der Waals surface area contributed by atoms with Crippen molar-refractivity contribution in [1.82, 2.24) is 4.98 Å². The first-order valence-corrected chi connectivity index (χ1v) is 4.65. The van der Waals surface area contributed by atoms with Crippen molar-refractivity contribution >= 4 is 0 Å². The Morgan fingerprint density at radius 1 is 1.38 bits per heavy atom. The van der Waals surface area contributed by atoms with E-state index in [1.54, 1.807) is 6.07 Å². The van der Waals surface area contributed by atoms with E-state index in [0.717, 1.165) is 25.0 Å². The second-order valence-electron chi connectivity index (χ2n) is 3.59. The summed E-state index contributed by atoms with van der Waals surface area (Å²) < 4.78 is 12.8. The van der Waals surface area contributed by atoms with E-state index in [-0.39, 0.29) is 12.0 Å². The van der Waals surface area contributed by atoms with Crippen LogP contribution >= 0.6 is 0 Å². The number of aromatic nitrogens is 1. The number of halogens is 1. The Kier molecular flexibility index (Phi) is 2.27. The van der Waals surface area contributed by atoms with Gasteiger partial charge in [-0.05, 0) is 25.0 Å². The van der Waals surface area contributed by atoms with Gasteiger partial charge in [-0.25, -0.2) is 4.98 Å². The maximum Gasteiger partial charge on any atom is 0.213 e. The average molecular weight is 180 g/mol. The summed E-state index contributed by atoms with van der Waals surface area (Å²) in [4.78, 5) is 3.86. The fourth-order valence-corrected chi connectivity index (χ4v) is 1.99. The molecular formula is C10H13FN2. The van der Waals surface area contributed by atoms with Gasteiger partial charge in [-0.3, -0.25) is 0 Å². The van der Waals surface area contributed by atoms with Crippen LogP contribution in [0.25, 0.3) is 0 Å². The molecule has 1 aliphatic carbocycles. The summed E-state index contributed by atoms with van der Waals surface area (Å²) in [7, 11) is 0. The van der Waals surface area contributed by atoms with Crippen molar-refractivity contribution in [2.45, 2.75) is 31.2 Å². The highest BCUT2D eigenvalue weighted by molar-refractivity contribution is 5.14. The molecule has 1 heterocycles. The molecule has 0 spiro atoms. The van der Waals surface area contributed by atoms with E-state index < -0.39 is 5.95 Å². The van der Waals surface area contributed by atoms with Crippen molar-refractivity contribution in [3.63, 3.8) is 0 Å². The second kappa shape index (κ2) is 3.42. The SMILES string of the molecule is NC1CCCC1c1cccc(F)n1. The molecule has 0 saturated heterocycles. The molecule has 1 aliphatic rings. The van der Waals surface area contributed by atoms with Gasteiger partial charge < -0.3 is 5.73 Å². The number of pyridine rings is 1. The molecule has 2 nitrogen and oxygen atoms in total. The molecular weight excluding hydrogens is 167 g/mol. The van der Waals surface area contributed by atoms with Gasteiger partial charge >= 0.3 is 0 Å². The molecule has 13 heavy (non-hydrogen) atoms. The maximum atomic E-state index is 12.8. The molecule has 0 radical (unpaired) electrons. The van der Waals surface area contributed by atoms with Gasteiger partial charge in [0.25, 0.3) is 0 Å². The first kappa shape index (κ1) is 8.63. The van der Waals surface area contributed by atoms with Crippen LogP contribution in [0, 0.1) is 5.95 Å². The Labute approximate surface area is 77.0 Å². The zero-order valence-electron chi connectivity index (χ0n) is 7.41. The van der Waals surface area contributed by atoms with Crippen molar-refractivity contribution in [3.8, 4) is 0 Å². The Bertz CT molecular complexity index is 301. The summed E-state index contributed by atoms with van der Waals surface area (Å²) in [6, 6.07) is 5.08. The van der Waals surface area contributed by atoms with Crippen LogP contribution in [-0.4, -0.2) is 11.0 Å². The summed E-state index contributed by atoms with van der Waals surface area (Å²) in [6.07, 6.45) is 3.20. The Hall–Kier alpha value is -0.960. The van der Waals surface area contributed by atoms with E-state index in [0.29, 0.717) is 0 Å². The summed E-state index contributed by atoms with van der Waals surface area (Å²) in [5.74, 6) is -0.146. The second-order valence-corrected chi connectivity index (χ2v) is 3.59. The quantitative estimate of drug-likeness (QED) is 0.669. The van der Waals surface area contributed by atoms with Crippen molar-refractivity contribution in [2.24, 2.45) is 5.73 Å². The molecule has 0 aliphatic heterocycles. The summed E-state index contributed by atoms with van der Waals surface area (Å²) in [6.45, 7) is 0. The molecule has 0 bridgehead atoms. The molecule has 1 aromatic rings. The Morgan fingerprint density at radius 3 is 2.85 bits per heavy atom. The van der Waals surface area contributed by atoms with Crippen molar-refractivity contribution in [2.75, 3.05) is 0 Å². The molecule has 0 aromatic carbocycles. The van der Waals surface area contributed by atoms with Gasteiger partial charge in [0, 0.05) is 17.7 Å². The lowest BCUT2D eigenvalue weighted by Crippen LogP contribution is -2.23. The Morgan fingerprint density at radius 2 is 2.23 bits per heavy atom. The lowest BCUT2D eigenvalue weighted by Gasteiger charge is -2.13. The third-order valence-electron chi connectivity index (χ3n) is 2.69. The number of rotatable bonds is 1. The maximum absolute atomic E-state index is 12.8. The summed E-state index contributed by atoms with van der Waals surface area (Å²) in [5.41, 5.74) is 6.71. The van der Waals surface area contributed by atoms with Crippen molar-refractivity contribution in [1.29, 1.82) is 0 Å². The van der Waals surface area contributed by atoms with Crippen LogP contribution in [0.1, 0.15) is 30.9 Å². The highest BCUT2D eigenvalue weighted by atomic mass is 19.1. The van der Waals surface area contributed by atoms with E-state index in [4.69, 9.17) is 5.73 Å². The van der Waals surface area contributed by atoms with E-state index in [2.05, 4.69) is 4.98 Å². The first-order chi connectivity index (χ1) is 6.27. The van der Waals surface area contributed by atoms with Crippen LogP contribution < -0.4 is 5.73 Å². The third-order valence-corrected chi connectivity index (χ3v) is 2.69. The fraction of sp³-hybridized carbons (Fsp3) is 0.500. The minimum atomic E-state index is -0.406. The molecule has 2 unspecified atom stereocenters. The van der Waals surface area contributed by atoms with Crippen LogP contribution in [0.5, 0.6) is 0 Å². The molecule has 3 heteroatoms. The number of hydrogen-bond donors (Lipinski definition) is 1. The van der Waals surface area contributed by atoms with Crippen LogP contribution in [0.4, 0.5) is 4.39 Å². The smallest absolute Gasteiger partial charge is 0.213 e. The van der Waals surface area contributed by atoms with Crippen LogP contribution in [0.15, 0.2) is 18.2 Å². The normalized spacial score (nSPS) is 27.8. The number of hydrogen-bond acceptors (Lipinski definition) is 2. The van der Waals surface area contributed by atoms with Crippen molar-refractivity contribution < 1.29 is 4.39 Å². The molecule has 2 N–H and O–H groups in total. The van der Waals surface area contributed by atoms with E-state index >= 15 is 0 Å². The van der Waals surface area contributed by atoms with Crippen molar-refractivity contribution in [3.05, 3.63) is 29.8 Å². The highest BCUT2D eigenvalue weighted by Crippen LogP contribution is 2.31.